The smallest absolute Gasteiger partial charge is 0.396 e. The zero-order valence-electron chi connectivity index (χ0n) is 17.1. The van der Waals surface area contributed by atoms with Crippen LogP contribution < -0.4 is 26.4 Å². The molecule has 0 saturated heterocycles. The van der Waals surface area contributed by atoms with Crippen LogP contribution >= 0.6 is 0 Å². The minimum absolute atomic E-state index is 0. The van der Waals surface area contributed by atoms with Gasteiger partial charge >= 0.3 is 5.95 Å². The van der Waals surface area contributed by atoms with Crippen molar-refractivity contribution in [2.45, 2.75) is 77.0 Å². The minimum Gasteiger partial charge on any atom is -1.00 e. The Kier molecular flexibility index (Phi) is 9.39. The topological polar surface area (TPSA) is 40.2 Å². The molecule has 0 saturated carbocycles. The molecular formula is C23H34BrN3O. The molecule has 0 fully saturated rings. The number of hydrogen-bond donors (Lipinski definition) is 1. The number of unbranched alkanes of at least 4 members (excludes halogenated alkanes) is 8. The third-order valence-corrected chi connectivity index (χ3v) is 5.60. The maximum Gasteiger partial charge on any atom is 0.396 e. The Labute approximate surface area is 180 Å². The molecule has 0 spiro atoms. The second-order valence-corrected chi connectivity index (χ2v) is 7.71. The molecule has 0 amide bonds. The fourth-order valence-electron chi connectivity index (χ4n) is 4.05. The van der Waals surface area contributed by atoms with E-state index in [9.17, 15) is 5.11 Å². The summed E-state index contributed by atoms with van der Waals surface area (Å²) in [4.78, 5) is 6.63. The second-order valence-electron chi connectivity index (χ2n) is 7.71. The van der Waals surface area contributed by atoms with Gasteiger partial charge in [-0.1, -0.05) is 93.6 Å². The summed E-state index contributed by atoms with van der Waals surface area (Å²) in [5.41, 5.74) is -0.0746. The average Bonchev–Trinajstić information content (AvgIpc) is 3.00. The predicted molar refractivity (Wildman–Crippen MR) is 109 cm³/mol. The lowest BCUT2D eigenvalue weighted by atomic mass is 10.0. The van der Waals surface area contributed by atoms with Crippen molar-refractivity contribution in [2.24, 2.45) is 0 Å². The largest absolute Gasteiger partial charge is 1.00 e. The van der Waals surface area contributed by atoms with Gasteiger partial charge in [0, 0.05) is 11.6 Å². The lowest BCUT2D eigenvalue weighted by Crippen LogP contribution is -3.00. The van der Waals surface area contributed by atoms with E-state index in [1.54, 1.807) is 0 Å². The van der Waals surface area contributed by atoms with Crippen molar-refractivity contribution in [3.8, 4) is 0 Å². The maximum absolute atomic E-state index is 11.5. The number of halogens is 1. The molecule has 154 valence electrons. The molecule has 3 rings (SSSR count). The molecule has 0 bridgehead atoms. The predicted octanol–water partition coefficient (Wildman–Crippen LogP) is 1.57. The Hall–Kier alpha value is -1.46. The summed E-state index contributed by atoms with van der Waals surface area (Å²) in [7, 11) is 0. The molecule has 1 aromatic carbocycles. The number of nitrogens with zero attached hydrogens (tertiary/aromatic N) is 3. The van der Waals surface area contributed by atoms with Crippen molar-refractivity contribution < 1.29 is 26.7 Å². The molecule has 0 radical (unpaired) electrons. The number of benzene rings is 1. The zero-order chi connectivity index (χ0) is 19.0. The lowest BCUT2D eigenvalue weighted by molar-refractivity contribution is -0.685. The zero-order valence-corrected chi connectivity index (χ0v) is 18.6. The Morgan fingerprint density at radius 1 is 0.964 bits per heavy atom. The molecule has 1 aliphatic rings. The molecule has 28 heavy (non-hydrogen) atoms. The molecule has 4 nitrogen and oxygen atoms in total. The van der Waals surface area contributed by atoms with Crippen LogP contribution in [0.4, 0.5) is 5.95 Å². The van der Waals surface area contributed by atoms with E-state index in [-0.39, 0.29) is 17.0 Å². The summed E-state index contributed by atoms with van der Waals surface area (Å²) in [6.07, 6.45) is 15.5. The lowest BCUT2D eigenvalue weighted by Gasteiger charge is -2.28. The molecule has 0 unspecified atom stereocenters. The van der Waals surface area contributed by atoms with E-state index < -0.39 is 5.72 Å². The first-order valence-electron chi connectivity index (χ1n) is 10.7. The summed E-state index contributed by atoms with van der Waals surface area (Å²) < 4.78 is 2.06. The molecule has 1 aliphatic heterocycles. The van der Waals surface area contributed by atoms with Crippen LogP contribution in [-0.2, 0) is 12.3 Å². The fraction of sp³-hybridized carbons (Fsp3) is 0.565. The normalized spacial score (nSPS) is 18.0. The Bertz CT molecular complexity index is 697. The number of hydrogen-bond acceptors (Lipinski definition) is 3. The van der Waals surface area contributed by atoms with E-state index in [0.717, 1.165) is 24.5 Å². The summed E-state index contributed by atoms with van der Waals surface area (Å²) in [5, 5.41) is 11.5. The Balaban J connectivity index is 0.00000280. The standard InChI is InChI=1S/C23H34N3O.BrH/c1-2-3-4-5-6-7-8-9-13-19-26-22-24-17-14-18-25(22)20-23(26,27)21-15-11-10-12-16-21;/h10-12,14-18,27H,2-9,13,19-20H2,1H3;1H/q+1;/p-1/t23-;/m1./s1. The highest BCUT2D eigenvalue weighted by molar-refractivity contribution is 5.37. The van der Waals surface area contributed by atoms with Crippen molar-refractivity contribution in [1.29, 1.82) is 0 Å². The highest BCUT2D eigenvalue weighted by atomic mass is 79.9. The number of aromatic nitrogens is 2. The van der Waals surface area contributed by atoms with Crippen LogP contribution in [-0.4, -0.2) is 16.6 Å². The quantitative estimate of drug-likeness (QED) is 0.419. The van der Waals surface area contributed by atoms with Gasteiger partial charge < -0.3 is 22.1 Å². The van der Waals surface area contributed by atoms with Crippen molar-refractivity contribution in [2.75, 3.05) is 11.4 Å². The summed E-state index contributed by atoms with van der Waals surface area (Å²) >= 11 is 0. The van der Waals surface area contributed by atoms with Crippen LogP contribution in [0.1, 0.15) is 70.3 Å². The van der Waals surface area contributed by atoms with E-state index in [1.807, 2.05) is 48.8 Å². The minimum atomic E-state index is -1.01. The van der Waals surface area contributed by atoms with Crippen molar-refractivity contribution in [1.82, 2.24) is 4.98 Å². The SMILES string of the molecule is CCCCCCCCCCCN1c2nccc[n+]2C[C@@]1(O)c1ccccc1.[Br-]. The van der Waals surface area contributed by atoms with Crippen molar-refractivity contribution in [3.63, 3.8) is 0 Å². The maximum atomic E-state index is 11.5. The highest BCUT2D eigenvalue weighted by Gasteiger charge is 2.50. The van der Waals surface area contributed by atoms with Gasteiger partial charge in [0.05, 0.1) is 12.7 Å². The first-order chi connectivity index (χ1) is 13.3. The number of anilines is 1. The first-order valence-corrected chi connectivity index (χ1v) is 10.7. The van der Waals surface area contributed by atoms with Crippen LogP contribution in [0.5, 0.6) is 0 Å². The summed E-state index contributed by atoms with van der Waals surface area (Å²) in [6.45, 7) is 3.62. The van der Waals surface area contributed by atoms with Gasteiger partial charge in [-0.2, -0.15) is 0 Å². The van der Waals surface area contributed by atoms with Crippen LogP contribution in [0.25, 0.3) is 0 Å². The molecule has 2 aromatic rings. The van der Waals surface area contributed by atoms with Gasteiger partial charge in [0.2, 0.25) is 5.72 Å². The molecule has 2 heterocycles. The molecule has 5 heteroatoms. The highest BCUT2D eigenvalue weighted by Crippen LogP contribution is 2.33. The summed E-state index contributed by atoms with van der Waals surface area (Å²) in [6, 6.07) is 11.9. The molecule has 1 aromatic heterocycles. The third-order valence-electron chi connectivity index (χ3n) is 5.60. The van der Waals surface area contributed by atoms with Gasteiger partial charge in [0.15, 0.2) is 0 Å². The third kappa shape index (κ3) is 5.54. The van der Waals surface area contributed by atoms with Crippen LogP contribution in [0.2, 0.25) is 0 Å². The van der Waals surface area contributed by atoms with Gasteiger partial charge in [-0.05, 0) is 6.42 Å². The van der Waals surface area contributed by atoms with Crippen molar-refractivity contribution >= 4 is 5.95 Å². The fourth-order valence-corrected chi connectivity index (χ4v) is 4.05. The van der Waals surface area contributed by atoms with Crippen molar-refractivity contribution in [3.05, 3.63) is 54.4 Å². The first kappa shape index (κ1) is 22.8. The molecular weight excluding hydrogens is 414 g/mol. The monoisotopic (exact) mass is 447 g/mol. The van der Waals surface area contributed by atoms with E-state index in [0.29, 0.717) is 6.54 Å². The summed E-state index contributed by atoms with van der Waals surface area (Å²) in [5.74, 6) is 0.864. The van der Waals surface area contributed by atoms with Crippen LogP contribution in [0, 0.1) is 0 Å². The second kappa shape index (κ2) is 11.5. The van der Waals surface area contributed by atoms with Gasteiger partial charge in [-0.25, -0.2) is 9.47 Å². The van der Waals surface area contributed by atoms with Gasteiger partial charge in [0.1, 0.15) is 12.7 Å². The van der Waals surface area contributed by atoms with E-state index >= 15 is 0 Å². The van der Waals surface area contributed by atoms with E-state index in [2.05, 4.69) is 21.4 Å². The molecule has 1 atom stereocenters. The number of fused-ring (bicyclic) bond motifs is 1. The van der Waals surface area contributed by atoms with E-state index in [4.69, 9.17) is 0 Å². The van der Waals surface area contributed by atoms with Crippen LogP contribution in [0.15, 0.2) is 48.8 Å². The van der Waals surface area contributed by atoms with Crippen LogP contribution in [0.3, 0.4) is 0 Å². The van der Waals surface area contributed by atoms with Gasteiger partial charge in [-0.15, -0.1) is 0 Å². The molecule has 1 N–H and O–H groups in total. The Morgan fingerprint density at radius 2 is 1.61 bits per heavy atom. The van der Waals surface area contributed by atoms with Gasteiger partial charge in [0.25, 0.3) is 0 Å². The van der Waals surface area contributed by atoms with Gasteiger partial charge in [-0.3, -0.25) is 0 Å². The average molecular weight is 448 g/mol. The molecule has 0 aliphatic carbocycles. The van der Waals surface area contributed by atoms with E-state index in [1.165, 1.54) is 51.4 Å². The Morgan fingerprint density at radius 3 is 2.29 bits per heavy atom. The number of rotatable bonds is 11. The number of aliphatic hydroxyl groups is 1.